The number of aliphatic hydroxyl groups is 7. The van der Waals surface area contributed by atoms with Crippen molar-refractivity contribution >= 4 is 75.9 Å². The number of phenols is 1. The van der Waals surface area contributed by atoms with Crippen LogP contribution in [0, 0.1) is 5.92 Å². The first-order valence-corrected chi connectivity index (χ1v) is 34.0. The molecule has 5 aromatic rings. The van der Waals surface area contributed by atoms with Crippen LogP contribution in [0.15, 0.2) is 72.9 Å². The summed E-state index contributed by atoms with van der Waals surface area (Å²) in [5.74, 6) is -11.3. The SMILES string of the molecule is CC(O)C1NC(=O)C(NC(=O)c2ccc(-c3cn4nc(-c5ccc(OCCCCCCN6C[C@@H](C)O[C@@H](C)C6)cc5)sc4n3)cc2)CC(O)CNC(=O)C2C(O)C(C)CN2C(=O)C(C(O)CC(N)=O)NC(=O)C(C(O)C(O)c2ccc(O)c(OSOO[O-])c2)NC(=O)C2CC(O)CN2C1=O.[Na+]. The van der Waals surface area contributed by atoms with Gasteiger partial charge in [-0.3, -0.25) is 48.3 Å². The fourth-order valence-electron chi connectivity index (χ4n) is 12.6. The monoisotopic (exact) mass is 1460 g/mol. The van der Waals surface area contributed by atoms with Gasteiger partial charge in [0.15, 0.2) is 11.5 Å². The number of morpholine rings is 1. The van der Waals surface area contributed by atoms with E-state index >= 15 is 0 Å². The van der Waals surface area contributed by atoms with Crippen molar-refractivity contribution in [2.24, 2.45) is 11.7 Å². The zero-order chi connectivity index (χ0) is 72.2. The van der Waals surface area contributed by atoms with Crippen molar-refractivity contribution < 1.29 is 137 Å². The molecule has 14 unspecified atom stereocenters. The second kappa shape index (κ2) is 36.3. The number of nitrogens with two attached hydrogens (primary N) is 1. The van der Waals surface area contributed by atoms with Gasteiger partial charge in [-0.25, -0.2) is 9.50 Å². The van der Waals surface area contributed by atoms with E-state index in [0.717, 1.165) is 91.6 Å². The molecule has 0 saturated carbocycles. The number of carbonyl (C=O) groups excluding carboxylic acids is 8. The average molecular weight is 1460 g/mol. The Morgan fingerprint density at radius 1 is 0.792 bits per heavy atom. The number of nitrogens with one attached hydrogen (secondary N) is 5. The van der Waals surface area contributed by atoms with Gasteiger partial charge in [0, 0.05) is 68.2 Å². The molecule has 0 spiro atoms. The van der Waals surface area contributed by atoms with Gasteiger partial charge < -0.3 is 102 Å². The van der Waals surface area contributed by atoms with Gasteiger partial charge in [-0.15, -0.1) is 4.33 Å². The van der Waals surface area contributed by atoms with Crippen LogP contribution in [0.5, 0.6) is 17.2 Å². The Morgan fingerprint density at radius 2 is 1.46 bits per heavy atom. The van der Waals surface area contributed by atoms with Crippen LogP contribution in [0.25, 0.3) is 26.8 Å². The summed E-state index contributed by atoms with van der Waals surface area (Å²) in [4.78, 5) is 123. The quantitative estimate of drug-likeness (QED) is 0.00953. The molecule has 9 rings (SSSR count). The minimum absolute atomic E-state index is 0. The Kier molecular flexibility index (Phi) is 28.6. The largest absolute Gasteiger partial charge is 1.00 e. The van der Waals surface area contributed by atoms with Crippen LogP contribution in [0.4, 0.5) is 0 Å². The number of rotatable bonds is 23. The second-order valence-corrected chi connectivity index (χ2v) is 26.9. The Labute approximate surface area is 609 Å². The minimum atomic E-state index is -2.54. The number of hydrogen-bond donors (Lipinski definition) is 14. The van der Waals surface area contributed by atoms with Gasteiger partial charge in [0.1, 0.15) is 59.2 Å². The molecular weight excluding hydrogens is 1380 g/mol. The zero-order valence-corrected chi connectivity index (χ0v) is 59.6. The number of imidazole rings is 1. The molecule has 544 valence electrons. The molecule has 0 aliphatic carbocycles. The van der Waals surface area contributed by atoms with Crippen molar-refractivity contribution in [1.82, 2.24) is 55.9 Å². The molecule has 8 amide bonds. The summed E-state index contributed by atoms with van der Waals surface area (Å²) in [5.41, 5.74) is 6.95. The van der Waals surface area contributed by atoms with Crippen molar-refractivity contribution in [3.8, 4) is 39.1 Å². The second-order valence-electron chi connectivity index (χ2n) is 25.5. The van der Waals surface area contributed by atoms with Crippen LogP contribution in [0.2, 0.25) is 0 Å². The maximum absolute atomic E-state index is 14.7. The number of unbranched alkanes of at least 4 members (excludes halogenated alkanes) is 3. The fraction of sp³-hybridized carbons (Fsp3) is 0.531. The molecule has 0 bridgehead atoms. The van der Waals surface area contributed by atoms with Crippen LogP contribution in [-0.4, -0.2) is 248 Å². The topological polar surface area (TPSA) is 494 Å². The number of ether oxygens (including phenoxy) is 2. The number of primary amides is 1. The van der Waals surface area contributed by atoms with Gasteiger partial charge >= 0.3 is 29.6 Å². The van der Waals surface area contributed by atoms with E-state index in [2.05, 4.69) is 54.7 Å². The third-order valence-electron chi connectivity index (χ3n) is 17.7. The zero-order valence-electron chi connectivity index (χ0n) is 55.9. The molecular formula is C64H83N12NaO22S2. The summed E-state index contributed by atoms with van der Waals surface area (Å²) in [6, 6.07) is 4.23. The summed E-state index contributed by atoms with van der Waals surface area (Å²) in [6.07, 6.45) is -9.74. The van der Waals surface area contributed by atoms with Crippen LogP contribution in [-0.2, 0) is 47.7 Å². The number of phenolic OH excluding ortho intramolecular Hbond substituents is 1. The molecule has 4 aliphatic heterocycles. The maximum atomic E-state index is 14.7. The van der Waals surface area contributed by atoms with Crippen molar-refractivity contribution in [1.29, 1.82) is 0 Å². The van der Waals surface area contributed by atoms with E-state index in [1.807, 2.05) is 24.3 Å². The molecule has 16 atom stereocenters. The van der Waals surface area contributed by atoms with E-state index in [9.17, 15) is 84.5 Å². The van der Waals surface area contributed by atoms with Gasteiger partial charge in [0.25, 0.3) is 18.2 Å². The molecule has 0 radical (unpaired) electrons. The number of benzene rings is 3. The first-order chi connectivity index (χ1) is 47.7. The van der Waals surface area contributed by atoms with Gasteiger partial charge in [-0.2, -0.15) is 5.10 Å². The van der Waals surface area contributed by atoms with Crippen LogP contribution >= 0.6 is 23.7 Å². The molecule has 4 fully saturated rings. The summed E-state index contributed by atoms with van der Waals surface area (Å²) in [5, 5.41) is 121. The molecule has 4 aliphatic rings. The third-order valence-corrected chi connectivity index (χ3v) is 19.0. The van der Waals surface area contributed by atoms with Crippen molar-refractivity contribution in [3.63, 3.8) is 0 Å². The Bertz CT molecular complexity index is 3650. The predicted molar refractivity (Wildman–Crippen MR) is 351 cm³/mol. The van der Waals surface area contributed by atoms with Gasteiger partial charge in [-0.05, 0) is 94.3 Å². The van der Waals surface area contributed by atoms with E-state index in [1.54, 1.807) is 22.8 Å². The van der Waals surface area contributed by atoms with E-state index < -0.39 is 183 Å². The average Bonchev–Trinajstić information content (AvgIpc) is 1.68. The number of nitrogens with zero attached hydrogens (tertiary/aromatic N) is 6. The van der Waals surface area contributed by atoms with E-state index in [-0.39, 0.29) is 65.2 Å². The van der Waals surface area contributed by atoms with Crippen molar-refractivity contribution in [2.75, 3.05) is 45.9 Å². The number of aliphatic hydroxyl groups excluding tert-OH is 7. The number of β-amino-alcohol motifs (C(OH)–C–C–N with tert-alkyl or cyclic N) is 1. The van der Waals surface area contributed by atoms with Crippen LogP contribution in [0.3, 0.4) is 0 Å². The molecule has 37 heteroatoms. The summed E-state index contributed by atoms with van der Waals surface area (Å²) >= 11 is 1.27. The standard InChI is InChI=1S/C64H84N12O22S2.Na/c1-31-26-75-52(53(31)83)60(90)66-25-39(78)22-42(67-56(86)36-11-9-35(10-12-36)43-30-76-64(68-43)99-61(72-76)37-13-16-41(17-14-37)94-20-8-6-5-7-19-73-27-32(2)95-33(3)28-73)57(87)69-49(34(4)77)62(91)74-29-40(79)23-44(74)58(88)71-51(59(89)70-50(63(75)92)46(81)24-48(65)82)55(85)54(84)38-15-18-45(80)47(21-38)96-100-98-97-93;/h9-18,21,30-34,39-40,42,44,46,49-55,77-81,83-85,93H,5-8,19-20,22-29H2,1-4H3,(H2,65,82)(H,66,90)(H,67,86)(H,69,87)(H,70,89)(H,71,88);/q;+1/p-1/t31?,32-,33+,34?,39?,40?,42?,44?,46?,49?,50?,51?,52?,53?,54?,55?;. The van der Waals surface area contributed by atoms with E-state index in [1.165, 1.54) is 30.4 Å². The smallest absolute Gasteiger partial charge is 0.691 e. The van der Waals surface area contributed by atoms with Gasteiger partial charge in [-0.1, -0.05) is 49.3 Å². The maximum Gasteiger partial charge on any atom is 1.00 e. The number of hydrogen-bond acceptors (Lipinski definition) is 27. The van der Waals surface area contributed by atoms with Gasteiger partial charge in [0.05, 0.1) is 67.6 Å². The van der Waals surface area contributed by atoms with E-state index in [0.29, 0.717) is 27.8 Å². The number of aromatic nitrogens is 3. The van der Waals surface area contributed by atoms with Crippen molar-refractivity contribution in [3.05, 3.63) is 84.1 Å². The number of aromatic hydroxyl groups is 1. The summed E-state index contributed by atoms with van der Waals surface area (Å²) < 4.78 is 22.6. The molecule has 3 aromatic carbocycles. The predicted octanol–water partition coefficient (Wildman–Crippen LogP) is -5.64. The van der Waals surface area contributed by atoms with Crippen molar-refractivity contribution in [2.45, 2.75) is 164 Å². The first kappa shape index (κ1) is 79.5. The fourth-order valence-corrected chi connectivity index (χ4v) is 13.7. The van der Waals surface area contributed by atoms with Crippen LogP contribution in [0.1, 0.15) is 94.7 Å². The third kappa shape index (κ3) is 20.4. The first-order valence-electron chi connectivity index (χ1n) is 32.5. The van der Waals surface area contributed by atoms with Crippen LogP contribution < -0.4 is 76.1 Å². The number of amides is 8. The number of fused-ring (bicyclic) bond motifs is 3. The molecule has 34 nitrogen and oxygen atoms in total. The number of carbonyl (C=O) groups is 8. The molecule has 6 heterocycles. The minimum Gasteiger partial charge on any atom is -0.691 e. The summed E-state index contributed by atoms with van der Waals surface area (Å²) in [7, 11) is 0. The van der Waals surface area contributed by atoms with E-state index in [4.69, 9.17) is 29.5 Å². The molecule has 101 heavy (non-hydrogen) atoms. The Balaban J connectivity index is 0.0000130. The molecule has 15 N–H and O–H groups in total. The summed E-state index contributed by atoms with van der Waals surface area (Å²) in [6.45, 7) is 8.50. The molecule has 2 aromatic heterocycles. The molecule has 4 saturated heterocycles. The Hall–Kier alpha value is -7.21. The Morgan fingerprint density at radius 3 is 2.13 bits per heavy atom. The normalized spacial score (nSPS) is 26.4. The van der Waals surface area contributed by atoms with Gasteiger partial charge in [0.2, 0.25) is 46.3 Å².